The maximum atomic E-state index is 13.7. The number of hydrogen-bond acceptors (Lipinski definition) is 4. The second-order valence-corrected chi connectivity index (χ2v) is 8.53. The molecule has 0 saturated carbocycles. The molecule has 4 aromatic rings. The van der Waals surface area contributed by atoms with E-state index in [1.165, 1.54) is 0 Å². The van der Waals surface area contributed by atoms with Crippen molar-refractivity contribution in [2.24, 2.45) is 0 Å². The highest BCUT2D eigenvalue weighted by atomic mass is 16.5. The number of benzene rings is 2. The van der Waals surface area contributed by atoms with E-state index >= 15 is 0 Å². The van der Waals surface area contributed by atoms with Gasteiger partial charge in [0.2, 0.25) is 0 Å². The smallest absolute Gasteiger partial charge is 0.255 e. The van der Waals surface area contributed by atoms with Crippen LogP contribution < -0.4 is 4.74 Å². The van der Waals surface area contributed by atoms with Crippen LogP contribution in [0.2, 0.25) is 0 Å². The fourth-order valence-corrected chi connectivity index (χ4v) is 4.17. The summed E-state index contributed by atoms with van der Waals surface area (Å²) < 4.78 is 7.32. The molecule has 6 nitrogen and oxygen atoms in total. The number of para-hydroxylation sites is 1. The number of hydrogen-bond donors (Lipinski definition) is 0. The Balaban J connectivity index is 1.61. The third-order valence-electron chi connectivity index (χ3n) is 5.92. The molecular formula is C28H30N4O2. The maximum Gasteiger partial charge on any atom is 0.255 e. The van der Waals surface area contributed by atoms with Crippen LogP contribution in [0.5, 0.6) is 5.75 Å². The van der Waals surface area contributed by atoms with E-state index in [0.717, 1.165) is 28.3 Å². The molecule has 0 aliphatic heterocycles. The topological polar surface area (TPSA) is 60.2 Å². The molecule has 0 bridgehead atoms. The quantitative estimate of drug-likeness (QED) is 0.369. The molecule has 6 heteroatoms. The van der Waals surface area contributed by atoms with Crippen molar-refractivity contribution in [1.29, 1.82) is 0 Å². The van der Waals surface area contributed by atoms with Crippen molar-refractivity contribution in [3.63, 3.8) is 0 Å². The molecule has 4 rings (SSSR count). The molecular weight excluding hydrogens is 424 g/mol. The maximum absolute atomic E-state index is 13.7. The summed E-state index contributed by atoms with van der Waals surface area (Å²) in [5, 5.41) is 4.48. The first-order chi connectivity index (χ1) is 16.5. The lowest BCUT2D eigenvalue weighted by atomic mass is 10.0. The van der Waals surface area contributed by atoms with E-state index in [2.05, 4.69) is 17.0 Å². The summed E-state index contributed by atoms with van der Waals surface area (Å²) in [7, 11) is 1.67. The molecule has 2 heterocycles. The number of aryl methyl sites for hydroxylation is 2. The van der Waals surface area contributed by atoms with Gasteiger partial charge in [0.1, 0.15) is 5.75 Å². The molecule has 1 amide bonds. The average Bonchev–Trinajstić information content (AvgIpc) is 3.20. The van der Waals surface area contributed by atoms with Crippen LogP contribution in [-0.4, -0.2) is 38.7 Å². The van der Waals surface area contributed by atoms with E-state index in [1.807, 2.05) is 91.5 Å². The number of aromatic nitrogens is 3. The Kier molecular flexibility index (Phi) is 7.07. The first-order valence-corrected chi connectivity index (χ1v) is 11.4. The van der Waals surface area contributed by atoms with Crippen LogP contribution >= 0.6 is 0 Å². The van der Waals surface area contributed by atoms with Gasteiger partial charge in [-0.25, -0.2) is 9.67 Å². The minimum Gasteiger partial charge on any atom is -0.496 e. The molecule has 2 aromatic heterocycles. The Hall–Kier alpha value is -3.93. The summed E-state index contributed by atoms with van der Waals surface area (Å²) in [6, 6.07) is 23.6. The molecule has 0 saturated heterocycles. The Morgan fingerprint density at radius 3 is 2.41 bits per heavy atom. The number of nitrogens with zero attached hydrogens (tertiary/aromatic N) is 4. The van der Waals surface area contributed by atoms with Crippen LogP contribution in [0.3, 0.4) is 0 Å². The first kappa shape index (κ1) is 23.2. The molecule has 0 spiro atoms. The van der Waals surface area contributed by atoms with Crippen LogP contribution in [0.15, 0.2) is 79.0 Å². The summed E-state index contributed by atoms with van der Waals surface area (Å²) in [6.07, 6.45) is 2.32. The van der Waals surface area contributed by atoms with Gasteiger partial charge in [0, 0.05) is 24.5 Å². The Morgan fingerprint density at radius 1 is 1.03 bits per heavy atom. The second-order valence-electron chi connectivity index (χ2n) is 8.53. The van der Waals surface area contributed by atoms with Gasteiger partial charge in [-0.1, -0.05) is 48.5 Å². The van der Waals surface area contributed by atoms with Gasteiger partial charge in [-0.05, 0) is 62.6 Å². The van der Waals surface area contributed by atoms with Gasteiger partial charge in [-0.15, -0.1) is 0 Å². The molecule has 0 N–H and O–H groups in total. The van der Waals surface area contributed by atoms with Crippen LogP contribution in [0.25, 0.3) is 5.82 Å². The fraction of sp³-hybridized carbons (Fsp3) is 0.250. The van der Waals surface area contributed by atoms with Gasteiger partial charge in [0.15, 0.2) is 5.82 Å². The average molecular weight is 455 g/mol. The fourth-order valence-electron chi connectivity index (χ4n) is 4.17. The molecule has 0 aliphatic carbocycles. The van der Waals surface area contributed by atoms with Crippen LogP contribution in [-0.2, 0) is 13.0 Å². The largest absolute Gasteiger partial charge is 0.496 e. The number of pyridine rings is 1. The summed E-state index contributed by atoms with van der Waals surface area (Å²) in [6.45, 7) is 6.52. The highest BCUT2D eigenvalue weighted by molar-refractivity contribution is 5.94. The zero-order chi connectivity index (χ0) is 24.1. The third-order valence-corrected chi connectivity index (χ3v) is 5.92. The molecule has 174 valence electrons. The molecule has 34 heavy (non-hydrogen) atoms. The third kappa shape index (κ3) is 5.17. The second kappa shape index (κ2) is 10.3. The highest BCUT2D eigenvalue weighted by Crippen LogP contribution is 2.23. The van der Waals surface area contributed by atoms with Crippen molar-refractivity contribution in [2.75, 3.05) is 7.11 Å². The Bertz CT molecular complexity index is 1250. The van der Waals surface area contributed by atoms with E-state index in [1.54, 1.807) is 18.0 Å². The van der Waals surface area contributed by atoms with Crippen molar-refractivity contribution >= 4 is 5.91 Å². The predicted octanol–water partition coefficient (Wildman–Crippen LogP) is 5.17. The number of carbonyl (C=O) groups is 1. The van der Waals surface area contributed by atoms with Crippen molar-refractivity contribution < 1.29 is 9.53 Å². The molecule has 0 radical (unpaired) electrons. The Labute approximate surface area is 200 Å². The normalized spacial score (nSPS) is 11.8. The predicted molar refractivity (Wildman–Crippen MR) is 133 cm³/mol. The Morgan fingerprint density at radius 2 is 1.76 bits per heavy atom. The number of ether oxygens (including phenoxy) is 1. The first-order valence-electron chi connectivity index (χ1n) is 11.4. The highest BCUT2D eigenvalue weighted by Gasteiger charge is 2.23. The molecule has 2 aromatic carbocycles. The van der Waals surface area contributed by atoms with Crippen molar-refractivity contribution in [1.82, 2.24) is 19.7 Å². The number of amides is 1. The monoisotopic (exact) mass is 454 g/mol. The van der Waals surface area contributed by atoms with E-state index in [0.29, 0.717) is 24.3 Å². The number of methoxy groups -OCH3 is 1. The summed E-state index contributed by atoms with van der Waals surface area (Å²) in [5.74, 6) is 1.47. The van der Waals surface area contributed by atoms with E-state index < -0.39 is 0 Å². The lowest BCUT2D eigenvalue weighted by Crippen LogP contribution is -2.39. The lowest BCUT2D eigenvalue weighted by Gasteiger charge is -2.30. The van der Waals surface area contributed by atoms with Crippen molar-refractivity contribution in [3.05, 3.63) is 107 Å². The minimum absolute atomic E-state index is 0.0558. The summed E-state index contributed by atoms with van der Waals surface area (Å²) in [5.41, 5.74) is 4.63. The van der Waals surface area contributed by atoms with Crippen molar-refractivity contribution in [2.45, 2.75) is 39.8 Å². The van der Waals surface area contributed by atoms with Gasteiger partial charge >= 0.3 is 0 Å². The molecule has 1 atom stereocenters. The van der Waals surface area contributed by atoms with Crippen LogP contribution in [0, 0.1) is 13.8 Å². The zero-order valence-corrected chi connectivity index (χ0v) is 20.1. The van der Waals surface area contributed by atoms with Gasteiger partial charge in [-0.3, -0.25) is 4.79 Å². The number of rotatable bonds is 8. The van der Waals surface area contributed by atoms with Gasteiger partial charge < -0.3 is 9.64 Å². The molecule has 1 unspecified atom stereocenters. The molecule has 0 aliphatic rings. The lowest BCUT2D eigenvalue weighted by molar-refractivity contribution is 0.0674. The van der Waals surface area contributed by atoms with Crippen LogP contribution in [0.1, 0.15) is 39.8 Å². The van der Waals surface area contributed by atoms with Gasteiger partial charge in [0.05, 0.1) is 18.4 Å². The van der Waals surface area contributed by atoms with E-state index in [4.69, 9.17) is 4.74 Å². The number of carbonyl (C=O) groups excluding carboxylic acids is 1. The van der Waals surface area contributed by atoms with Gasteiger partial charge in [0.25, 0.3) is 5.91 Å². The standard InChI is InChI=1S/C28H30N4O2/c1-20-16-22(3)32(30-20)27-15-14-25(18-29-27)28(33)31(19-23-10-6-5-7-11-23)21(2)17-24-12-8-9-13-26(24)34-4/h5-16,18,21H,17,19H2,1-4H3. The molecule has 0 fully saturated rings. The summed E-state index contributed by atoms with van der Waals surface area (Å²) >= 11 is 0. The van der Waals surface area contributed by atoms with E-state index in [-0.39, 0.29) is 11.9 Å². The van der Waals surface area contributed by atoms with E-state index in [9.17, 15) is 4.79 Å². The van der Waals surface area contributed by atoms with Gasteiger partial charge in [-0.2, -0.15) is 5.10 Å². The zero-order valence-electron chi connectivity index (χ0n) is 20.1. The van der Waals surface area contributed by atoms with Crippen molar-refractivity contribution in [3.8, 4) is 11.6 Å². The SMILES string of the molecule is COc1ccccc1CC(C)N(Cc1ccccc1)C(=O)c1ccc(-n2nc(C)cc2C)nc1. The summed E-state index contributed by atoms with van der Waals surface area (Å²) in [4.78, 5) is 20.1. The minimum atomic E-state index is -0.0568. The van der Waals surface area contributed by atoms with Crippen LogP contribution in [0.4, 0.5) is 0 Å².